The van der Waals surface area contributed by atoms with Crippen LogP contribution in [-0.4, -0.2) is 95.3 Å². The first-order valence-electron chi connectivity index (χ1n) is 16.0. The van der Waals surface area contributed by atoms with Crippen molar-refractivity contribution in [2.45, 2.75) is 6.92 Å². The van der Waals surface area contributed by atoms with Gasteiger partial charge in [0, 0.05) is 40.3 Å². The van der Waals surface area contributed by atoms with Gasteiger partial charge >= 0.3 is 23.9 Å². The van der Waals surface area contributed by atoms with E-state index >= 15 is 0 Å². The topological polar surface area (TPSA) is 251 Å². The lowest BCUT2D eigenvalue weighted by atomic mass is 9.92. The van der Waals surface area contributed by atoms with Crippen LogP contribution in [0.1, 0.15) is 5.56 Å². The first-order valence-corrected chi connectivity index (χ1v) is 16.0. The molecule has 0 aromatic heterocycles. The van der Waals surface area contributed by atoms with Crippen molar-refractivity contribution in [1.29, 1.82) is 0 Å². The number of carboxylic acid groups (broad SMARTS) is 4. The minimum Gasteiger partial charge on any atom is -0.508 e. The molecule has 1 heterocycles. The lowest BCUT2D eigenvalue weighted by Crippen LogP contribution is -2.35. The van der Waals surface area contributed by atoms with Crippen LogP contribution >= 0.6 is 0 Å². The number of ether oxygens (including phenoxy) is 3. The summed E-state index contributed by atoms with van der Waals surface area (Å²) >= 11 is 0. The number of phenolic OH excluding ortho intramolecular Hbond substituents is 1. The number of carbonyl (C=O) groups excluding carboxylic acids is 1. The molecule has 17 heteroatoms. The number of nitrogens with zero attached hydrogens (tertiary/aromatic N) is 2. The Bertz CT molecular complexity index is 2250. The van der Waals surface area contributed by atoms with Crippen LogP contribution in [0.5, 0.6) is 23.0 Å². The minimum atomic E-state index is -1.39. The Hall–Kier alpha value is -7.30. The fourth-order valence-electron chi connectivity index (χ4n) is 5.81. The number of hydrogen-bond acceptors (Lipinski definition) is 13. The molecular weight excluding hydrogens is 712 g/mol. The summed E-state index contributed by atoms with van der Waals surface area (Å²) < 4.78 is 23.3. The molecule has 3 aromatic carbocycles. The number of benzene rings is 4. The third-order valence-electron chi connectivity index (χ3n) is 7.88. The second-order valence-electron chi connectivity index (χ2n) is 11.8. The Morgan fingerprint density at radius 1 is 0.685 bits per heavy atom. The third kappa shape index (κ3) is 8.94. The normalized spacial score (nSPS) is 10.8. The summed E-state index contributed by atoms with van der Waals surface area (Å²) in [6.45, 7) is -1.55. The Balaban J connectivity index is 1.62. The van der Waals surface area contributed by atoms with E-state index in [-0.39, 0.29) is 76.4 Å². The van der Waals surface area contributed by atoms with Crippen LogP contribution in [0.4, 0.5) is 11.4 Å². The molecule has 3 aromatic rings. The summed E-state index contributed by atoms with van der Waals surface area (Å²) in [7, 11) is 0. The minimum absolute atomic E-state index is 0.0847. The van der Waals surface area contributed by atoms with Crippen LogP contribution in [0.2, 0.25) is 0 Å². The molecule has 54 heavy (non-hydrogen) atoms. The first kappa shape index (κ1) is 37.9. The zero-order chi connectivity index (χ0) is 39.1. The fourth-order valence-corrected chi connectivity index (χ4v) is 5.81. The molecule has 17 nitrogen and oxygen atoms in total. The zero-order valence-corrected chi connectivity index (χ0v) is 28.4. The van der Waals surface area contributed by atoms with Crippen molar-refractivity contribution in [2.24, 2.45) is 0 Å². The largest absolute Gasteiger partial charge is 0.508 e. The average Bonchev–Trinajstić information content (AvgIpc) is 3.08. The summed E-state index contributed by atoms with van der Waals surface area (Å²) in [5.74, 6) is -5.46. The number of carboxylic acids is 4. The van der Waals surface area contributed by atoms with E-state index in [2.05, 4.69) is 0 Å². The summed E-state index contributed by atoms with van der Waals surface area (Å²) in [6.07, 6.45) is 0. The van der Waals surface area contributed by atoms with Gasteiger partial charge in [-0.1, -0.05) is 6.07 Å². The molecule has 2 aliphatic rings. The van der Waals surface area contributed by atoms with E-state index in [0.717, 1.165) is 9.80 Å². The number of anilines is 2. The van der Waals surface area contributed by atoms with Gasteiger partial charge < -0.3 is 54.0 Å². The zero-order valence-electron chi connectivity index (χ0n) is 28.4. The average molecular weight is 745 g/mol. The van der Waals surface area contributed by atoms with E-state index in [1.807, 2.05) is 0 Å². The fraction of sp³-hybridized carbons (Fsp3) is 0.189. The second-order valence-corrected chi connectivity index (χ2v) is 11.8. The molecule has 1 aliphatic carbocycles. The lowest BCUT2D eigenvalue weighted by Gasteiger charge is -2.26. The summed E-state index contributed by atoms with van der Waals surface area (Å²) in [5.41, 5.74) is 1.44. The number of aromatic hydroxyl groups is 1. The molecule has 0 radical (unpaired) electrons. The van der Waals surface area contributed by atoms with Gasteiger partial charge in [-0.05, 0) is 55.0 Å². The molecule has 0 atom stereocenters. The van der Waals surface area contributed by atoms with E-state index in [4.69, 9.17) is 18.6 Å². The van der Waals surface area contributed by atoms with E-state index in [1.165, 1.54) is 54.6 Å². The molecule has 0 saturated carbocycles. The molecule has 0 unspecified atom stereocenters. The Morgan fingerprint density at radius 3 is 1.87 bits per heavy atom. The van der Waals surface area contributed by atoms with Gasteiger partial charge in [0.1, 0.15) is 73.7 Å². The van der Waals surface area contributed by atoms with Gasteiger partial charge in [-0.2, -0.15) is 0 Å². The molecule has 5 N–H and O–H groups in total. The Morgan fingerprint density at radius 2 is 1.28 bits per heavy atom. The number of hydrogen-bond donors (Lipinski definition) is 5. The van der Waals surface area contributed by atoms with Gasteiger partial charge in [0.2, 0.25) is 0 Å². The van der Waals surface area contributed by atoms with E-state index < -0.39 is 50.1 Å². The van der Waals surface area contributed by atoms with Gasteiger partial charge in [0.05, 0.1) is 11.4 Å². The van der Waals surface area contributed by atoms with Crippen molar-refractivity contribution in [3.05, 3.63) is 82.5 Å². The van der Waals surface area contributed by atoms with Gasteiger partial charge in [0.25, 0.3) is 6.47 Å². The van der Waals surface area contributed by atoms with Crippen molar-refractivity contribution in [3.63, 3.8) is 0 Å². The number of rotatable bonds is 18. The van der Waals surface area contributed by atoms with Crippen LogP contribution in [0, 0.1) is 6.92 Å². The highest BCUT2D eigenvalue weighted by atomic mass is 16.5. The highest BCUT2D eigenvalue weighted by Crippen LogP contribution is 2.47. The molecule has 0 bridgehead atoms. The van der Waals surface area contributed by atoms with E-state index in [9.17, 15) is 54.3 Å². The van der Waals surface area contributed by atoms with Gasteiger partial charge in [-0.3, -0.25) is 28.8 Å². The second kappa shape index (κ2) is 16.4. The first-order chi connectivity index (χ1) is 25.7. The molecule has 1 aliphatic heterocycles. The molecular formula is C37H32N2O15. The van der Waals surface area contributed by atoms with Crippen molar-refractivity contribution in [1.82, 2.24) is 0 Å². The summed E-state index contributed by atoms with van der Waals surface area (Å²) in [4.78, 5) is 73.0. The predicted molar refractivity (Wildman–Crippen MR) is 190 cm³/mol. The third-order valence-corrected chi connectivity index (χ3v) is 7.88. The maximum atomic E-state index is 12.3. The maximum absolute atomic E-state index is 12.3. The van der Waals surface area contributed by atoms with Crippen LogP contribution < -0.4 is 29.4 Å². The quantitative estimate of drug-likeness (QED) is 0.0489. The predicted octanol–water partition coefficient (Wildman–Crippen LogP) is 3.52. The van der Waals surface area contributed by atoms with E-state index in [1.54, 1.807) is 19.1 Å². The number of fused-ring (bicyclic) bond motifs is 2. The van der Waals surface area contributed by atoms with Gasteiger partial charge in [0.15, 0.2) is 5.43 Å². The molecule has 0 fully saturated rings. The van der Waals surface area contributed by atoms with Crippen molar-refractivity contribution < 1.29 is 68.1 Å². The van der Waals surface area contributed by atoms with Crippen molar-refractivity contribution >= 4 is 52.7 Å². The highest BCUT2D eigenvalue weighted by molar-refractivity contribution is 6.04. The summed E-state index contributed by atoms with van der Waals surface area (Å²) in [6, 6.07) is 15.6. The number of aryl methyl sites for hydroxylation is 1. The number of aliphatic carboxylic acids is 4. The Kier molecular flexibility index (Phi) is 11.5. The number of phenols is 1. The van der Waals surface area contributed by atoms with Gasteiger partial charge in [-0.25, -0.2) is 0 Å². The van der Waals surface area contributed by atoms with Crippen molar-refractivity contribution in [2.75, 3.05) is 49.2 Å². The molecule has 0 amide bonds. The Labute approximate surface area is 304 Å². The molecule has 0 spiro atoms. The standard InChI is InChI=1S/C37H32N2O15/c1-20-2-7-26(38(15-33(43)44)16-34(45)46)31(10-20)51-8-9-52-32-13-25(28(53-19-40)14-27(32)39(17-35(47)48)18-36(49)50)37-23-5-3-21(41)11-29(23)54-30-12-22(42)4-6-24(30)37/h2-7,10-14,19,41H,8-9,15-18H2,1H3,(H,43,44)(H,45,46)(H,47,48)(H,49,50). The smallest absolute Gasteiger partial charge is 0.323 e. The van der Waals surface area contributed by atoms with Crippen molar-refractivity contribution in [3.8, 4) is 45.4 Å². The van der Waals surface area contributed by atoms with Crippen LogP contribution in [0.25, 0.3) is 33.4 Å². The van der Waals surface area contributed by atoms with Gasteiger partial charge in [-0.15, -0.1) is 0 Å². The SMILES string of the molecule is Cc1ccc(N(CC(=O)O)CC(=O)O)c(OCCOc2cc(-c3c4ccc(=O)cc-4oc4cc(O)ccc34)c(OC=O)cc2N(CC(=O)O)CC(=O)O)c1. The van der Waals surface area contributed by atoms with Crippen LogP contribution in [0.3, 0.4) is 0 Å². The molecule has 280 valence electrons. The van der Waals surface area contributed by atoms with E-state index in [0.29, 0.717) is 22.1 Å². The molecule has 0 saturated heterocycles. The summed E-state index contributed by atoms with van der Waals surface area (Å²) in [5, 5.41) is 48.7. The number of carbonyl (C=O) groups is 5. The van der Waals surface area contributed by atoms with Crippen LogP contribution in [0.15, 0.2) is 75.9 Å². The highest BCUT2D eigenvalue weighted by Gasteiger charge is 2.26. The lowest BCUT2D eigenvalue weighted by molar-refractivity contribution is -0.138. The molecule has 5 rings (SSSR count). The maximum Gasteiger partial charge on any atom is 0.323 e. The van der Waals surface area contributed by atoms with Crippen LogP contribution in [-0.2, 0) is 24.0 Å². The monoisotopic (exact) mass is 744 g/mol.